The quantitative estimate of drug-likeness (QED) is 0.640. The number of methoxy groups -OCH3 is 1. The van der Waals surface area contributed by atoms with Crippen LogP contribution in [0, 0.1) is 11.8 Å². The molecule has 4 nitrogen and oxygen atoms in total. The Morgan fingerprint density at radius 2 is 2.15 bits per heavy atom. The Morgan fingerprint density at radius 1 is 1.23 bits per heavy atom. The molecule has 2 aliphatic rings. The van der Waals surface area contributed by atoms with Crippen LogP contribution < -0.4 is 10.1 Å². The maximum Gasteiger partial charge on any atom is 0.139 e. The zero-order valence-corrected chi connectivity index (χ0v) is 15.5. The fourth-order valence-corrected chi connectivity index (χ4v) is 5.08. The van der Waals surface area contributed by atoms with E-state index in [4.69, 9.17) is 16.3 Å². The van der Waals surface area contributed by atoms with Crippen molar-refractivity contribution >= 4 is 28.3 Å². The number of fused-ring (bicyclic) bond motifs is 3. The highest BCUT2D eigenvalue weighted by molar-refractivity contribution is 6.32. The predicted octanol–water partition coefficient (Wildman–Crippen LogP) is 5.49. The molecule has 3 unspecified atom stereocenters. The normalized spacial score (nSPS) is 24.3. The summed E-state index contributed by atoms with van der Waals surface area (Å²) >= 11 is 6.38. The van der Waals surface area contributed by atoms with E-state index in [0.717, 1.165) is 39.7 Å². The molecule has 5 heteroatoms. The Balaban J connectivity index is 1.59. The third kappa shape index (κ3) is 2.55. The Hall–Kier alpha value is -2.20. The number of halogens is 1. The minimum atomic E-state index is 0.557. The third-order valence-corrected chi connectivity index (χ3v) is 6.41. The molecule has 0 spiro atoms. The summed E-state index contributed by atoms with van der Waals surface area (Å²) in [7, 11) is 1.64. The van der Waals surface area contributed by atoms with Crippen molar-refractivity contribution in [3.8, 4) is 16.9 Å². The van der Waals surface area contributed by atoms with Gasteiger partial charge < -0.3 is 15.0 Å². The second kappa shape index (κ2) is 6.20. The van der Waals surface area contributed by atoms with Gasteiger partial charge in [0.2, 0.25) is 0 Å². The van der Waals surface area contributed by atoms with Crippen molar-refractivity contribution in [3.05, 3.63) is 41.7 Å². The number of pyridine rings is 1. The molecule has 3 aromatic rings. The number of benzene rings is 1. The third-order valence-electron chi connectivity index (χ3n) is 6.12. The van der Waals surface area contributed by atoms with E-state index in [2.05, 4.69) is 21.4 Å². The molecule has 0 saturated heterocycles. The summed E-state index contributed by atoms with van der Waals surface area (Å²) < 4.78 is 5.30. The van der Waals surface area contributed by atoms with Gasteiger partial charge >= 0.3 is 0 Å². The van der Waals surface area contributed by atoms with Crippen molar-refractivity contribution in [2.24, 2.45) is 11.8 Å². The van der Waals surface area contributed by atoms with Crippen molar-refractivity contribution in [1.82, 2.24) is 9.97 Å². The first-order chi connectivity index (χ1) is 12.7. The lowest BCUT2D eigenvalue weighted by Gasteiger charge is -2.26. The minimum Gasteiger partial charge on any atom is -0.495 e. The smallest absolute Gasteiger partial charge is 0.139 e. The lowest BCUT2D eigenvalue weighted by molar-refractivity contribution is 0.415. The number of nitrogens with zero attached hydrogens (tertiary/aromatic N) is 1. The molecule has 0 aliphatic heterocycles. The van der Waals surface area contributed by atoms with E-state index in [-0.39, 0.29) is 0 Å². The van der Waals surface area contributed by atoms with E-state index in [1.54, 1.807) is 7.11 Å². The van der Waals surface area contributed by atoms with Gasteiger partial charge in [-0.15, -0.1) is 0 Å². The fourth-order valence-electron chi connectivity index (χ4n) is 4.82. The number of hydrogen-bond acceptors (Lipinski definition) is 3. The molecule has 2 N–H and O–H groups in total. The van der Waals surface area contributed by atoms with Crippen LogP contribution in [0.5, 0.6) is 5.75 Å². The highest BCUT2D eigenvalue weighted by Gasteiger charge is 2.39. The maximum atomic E-state index is 6.38. The monoisotopic (exact) mass is 367 g/mol. The summed E-state index contributed by atoms with van der Waals surface area (Å²) in [6.07, 6.45) is 9.30. The van der Waals surface area contributed by atoms with E-state index in [1.807, 2.05) is 30.6 Å². The maximum absolute atomic E-state index is 6.38. The zero-order valence-electron chi connectivity index (χ0n) is 14.8. The van der Waals surface area contributed by atoms with Crippen LogP contribution in [0.1, 0.15) is 25.7 Å². The second-order valence-electron chi connectivity index (χ2n) is 7.56. The largest absolute Gasteiger partial charge is 0.495 e. The molecular weight excluding hydrogens is 346 g/mol. The SMILES string of the molecule is COc1ccc(-c2cnc3[nH]ccc3c2NC2CC3CCC2C3)cc1Cl. The van der Waals surface area contributed by atoms with E-state index in [9.17, 15) is 0 Å². The molecule has 3 atom stereocenters. The number of aromatic amines is 1. The molecule has 1 aromatic carbocycles. The van der Waals surface area contributed by atoms with Gasteiger partial charge in [-0.2, -0.15) is 0 Å². The number of H-pyrrole nitrogens is 1. The van der Waals surface area contributed by atoms with Crippen LogP contribution in [-0.4, -0.2) is 23.1 Å². The van der Waals surface area contributed by atoms with Crippen LogP contribution in [0.4, 0.5) is 5.69 Å². The van der Waals surface area contributed by atoms with Gasteiger partial charge in [-0.05, 0) is 54.9 Å². The first-order valence-corrected chi connectivity index (χ1v) is 9.67. The molecule has 2 bridgehead atoms. The Kier molecular flexibility index (Phi) is 3.82. The molecule has 2 aliphatic carbocycles. The summed E-state index contributed by atoms with van der Waals surface area (Å²) in [5.74, 6) is 2.39. The first-order valence-electron chi connectivity index (χ1n) is 9.29. The molecular formula is C21H22ClN3O. The molecule has 2 aromatic heterocycles. The molecule has 0 amide bonds. The summed E-state index contributed by atoms with van der Waals surface area (Å²) in [4.78, 5) is 7.83. The summed E-state index contributed by atoms with van der Waals surface area (Å²) in [6, 6.07) is 8.59. The van der Waals surface area contributed by atoms with Gasteiger partial charge in [-0.3, -0.25) is 0 Å². The summed E-state index contributed by atoms with van der Waals surface area (Å²) in [5.41, 5.74) is 4.22. The second-order valence-corrected chi connectivity index (χ2v) is 7.97. The van der Waals surface area contributed by atoms with E-state index < -0.39 is 0 Å². The summed E-state index contributed by atoms with van der Waals surface area (Å²) in [5, 5.41) is 5.63. The van der Waals surface area contributed by atoms with E-state index >= 15 is 0 Å². The van der Waals surface area contributed by atoms with Crippen LogP contribution in [0.2, 0.25) is 5.02 Å². The topological polar surface area (TPSA) is 49.9 Å². The lowest BCUT2D eigenvalue weighted by atomic mass is 9.94. The van der Waals surface area contributed by atoms with Crippen molar-refractivity contribution < 1.29 is 4.74 Å². The Morgan fingerprint density at radius 3 is 2.88 bits per heavy atom. The van der Waals surface area contributed by atoms with Crippen molar-refractivity contribution in [1.29, 1.82) is 0 Å². The van der Waals surface area contributed by atoms with Gasteiger partial charge in [-0.1, -0.05) is 24.1 Å². The molecule has 0 radical (unpaired) electrons. The van der Waals surface area contributed by atoms with Crippen molar-refractivity contribution in [2.45, 2.75) is 31.7 Å². The minimum absolute atomic E-state index is 0.557. The van der Waals surface area contributed by atoms with Crippen molar-refractivity contribution in [2.75, 3.05) is 12.4 Å². The standard InChI is InChI=1S/C21H22ClN3O/c1-26-19-5-4-13(10-17(19)22)16-11-24-21-15(6-7-23-21)20(16)25-18-9-12-2-3-14(18)8-12/h4-7,10-12,14,18H,2-3,8-9H2,1H3,(H2,23,24,25). The van der Waals surface area contributed by atoms with Gasteiger partial charge in [-0.25, -0.2) is 4.98 Å². The van der Waals surface area contributed by atoms with Gasteiger partial charge in [0.15, 0.2) is 0 Å². The number of rotatable bonds is 4. The van der Waals surface area contributed by atoms with Gasteiger partial charge in [0, 0.05) is 29.4 Å². The van der Waals surface area contributed by atoms with Crippen LogP contribution in [0.3, 0.4) is 0 Å². The molecule has 26 heavy (non-hydrogen) atoms. The molecule has 134 valence electrons. The number of ether oxygens (including phenoxy) is 1. The van der Waals surface area contributed by atoms with Gasteiger partial charge in [0.25, 0.3) is 0 Å². The number of anilines is 1. The Labute approximate surface area is 157 Å². The molecule has 2 heterocycles. The average Bonchev–Trinajstić information content (AvgIpc) is 3.38. The van der Waals surface area contributed by atoms with Gasteiger partial charge in [0.05, 0.1) is 17.8 Å². The van der Waals surface area contributed by atoms with Crippen molar-refractivity contribution in [3.63, 3.8) is 0 Å². The highest BCUT2D eigenvalue weighted by atomic mass is 35.5. The fraction of sp³-hybridized carbons (Fsp3) is 0.381. The number of aromatic nitrogens is 2. The van der Waals surface area contributed by atoms with Crippen LogP contribution >= 0.6 is 11.6 Å². The number of nitrogens with one attached hydrogen (secondary N) is 2. The molecule has 2 saturated carbocycles. The van der Waals surface area contributed by atoms with Gasteiger partial charge in [0.1, 0.15) is 11.4 Å². The first kappa shape index (κ1) is 16.0. The number of hydrogen-bond donors (Lipinski definition) is 2. The van der Waals surface area contributed by atoms with Crippen LogP contribution in [0.25, 0.3) is 22.2 Å². The predicted molar refractivity (Wildman–Crippen MR) is 106 cm³/mol. The highest BCUT2D eigenvalue weighted by Crippen LogP contribution is 2.47. The van der Waals surface area contributed by atoms with E-state index in [1.165, 1.54) is 25.7 Å². The average molecular weight is 368 g/mol. The molecule has 2 fully saturated rings. The van der Waals surface area contributed by atoms with Crippen LogP contribution in [0.15, 0.2) is 36.7 Å². The van der Waals surface area contributed by atoms with E-state index in [0.29, 0.717) is 16.8 Å². The zero-order chi connectivity index (χ0) is 17.7. The summed E-state index contributed by atoms with van der Waals surface area (Å²) in [6.45, 7) is 0. The van der Waals surface area contributed by atoms with Crippen LogP contribution in [-0.2, 0) is 0 Å². The lowest BCUT2D eigenvalue weighted by Crippen LogP contribution is -2.26. The Bertz CT molecular complexity index is 967. The molecule has 5 rings (SSSR count).